The molecule has 0 aliphatic heterocycles. The van der Waals surface area contributed by atoms with Crippen molar-refractivity contribution in [2.45, 2.75) is 24.2 Å². The molecule has 0 fully saturated rings. The fourth-order valence-electron chi connectivity index (χ4n) is 4.09. The molecular formula is C23H16F8N2O. The van der Waals surface area contributed by atoms with Crippen LogP contribution in [-0.4, -0.2) is 29.1 Å². The van der Waals surface area contributed by atoms with E-state index in [9.17, 15) is 39.9 Å². The van der Waals surface area contributed by atoms with E-state index in [0.717, 1.165) is 36.4 Å². The van der Waals surface area contributed by atoms with Crippen LogP contribution in [0.25, 0.3) is 21.8 Å². The first-order chi connectivity index (χ1) is 16.0. The lowest BCUT2D eigenvalue weighted by Gasteiger charge is -2.18. The first-order valence-corrected chi connectivity index (χ1v) is 9.97. The maximum Gasteiger partial charge on any atom is 0.416 e. The number of hydrogen-bond acceptors (Lipinski definition) is 1. The highest BCUT2D eigenvalue weighted by atomic mass is 19.4. The van der Waals surface area contributed by atoms with E-state index in [4.69, 9.17) is 0 Å². The molecule has 0 saturated heterocycles. The highest BCUT2D eigenvalue weighted by Gasteiger charge is 2.35. The molecule has 0 aliphatic rings. The van der Waals surface area contributed by atoms with Crippen LogP contribution in [0.5, 0.6) is 0 Å². The summed E-state index contributed by atoms with van der Waals surface area (Å²) in [5, 5.41) is 0.353. The summed E-state index contributed by atoms with van der Waals surface area (Å²) in [5.41, 5.74) is -1.69. The second-order valence-corrected chi connectivity index (χ2v) is 7.82. The van der Waals surface area contributed by atoms with E-state index >= 15 is 0 Å². The van der Waals surface area contributed by atoms with Crippen molar-refractivity contribution in [3.8, 4) is 0 Å². The molecule has 4 rings (SSSR count). The number of Topliss-reactive ketones (excluding diaryl/α,β-unsaturated/α-hetero) is 1. The Balaban J connectivity index is 1.71. The number of fused-ring (bicyclic) bond motifs is 2. The van der Waals surface area contributed by atoms with E-state index in [0.29, 0.717) is 0 Å². The summed E-state index contributed by atoms with van der Waals surface area (Å²) in [6.07, 6.45) is -6.80. The minimum absolute atomic E-state index is 0.0275. The summed E-state index contributed by atoms with van der Waals surface area (Å²) in [6.45, 7) is -2.49. The number of hydrogen-bond donors (Lipinski definition) is 2. The highest BCUT2D eigenvalue weighted by molar-refractivity contribution is 5.99. The SMILES string of the molecule is O=C(C(CF)c1c[nH]c2cc(C(F)(F)F)ccc12)C(CF)c1c[nH]c2cc(C(F)(F)F)ccc12. The van der Waals surface area contributed by atoms with Crippen LogP contribution in [0, 0.1) is 0 Å². The van der Waals surface area contributed by atoms with Crippen LogP contribution in [-0.2, 0) is 17.1 Å². The van der Waals surface area contributed by atoms with Crippen LogP contribution in [0.4, 0.5) is 35.1 Å². The highest BCUT2D eigenvalue weighted by Crippen LogP contribution is 2.38. The molecule has 11 heteroatoms. The molecule has 2 heterocycles. The molecule has 2 aromatic heterocycles. The minimum Gasteiger partial charge on any atom is -0.361 e. The molecule has 0 saturated carbocycles. The fraction of sp³-hybridized carbons (Fsp3) is 0.261. The van der Waals surface area contributed by atoms with E-state index in [1.165, 1.54) is 12.4 Å². The van der Waals surface area contributed by atoms with Gasteiger partial charge in [0, 0.05) is 34.2 Å². The van der Waals surface area contributed by atoms with Gasteiger partial charge in [-0.3, -0.25) is 4.79 Å². The average Bonchev–Trinajstić information content (AvgIpc) is 3.38. The third-order valence-electron chi connectivity index (χ3n) is 5.83. The molecule has 0 amide bonds. The van der Waals surface area contributed by atoms with Crippen molar-refractivity contribution in [1.82, 2.24) is 9.97 Å². The normalized spacial score (nSPS) is 14.6. The third kappa shape index (κ3) is 4.14. The first-order valence-electron chi connectivity index (χ1n) is 9.97. The predicted molar refractivity (Wildman–Crippen MR) is 109 cm³/mol. The molecule has 0 radical (unpaired) electrons. The van der Waals surface area contributed by atoms with Crippen LogP contribution >= 0.6 is 0 Å². The van der Waals surface area contributed by atoms with Crippen LogP contribution in [0.15, 0.2) is 48.8 Å². The quantitative estimate of drug-likeness (QED) is 0.281. The van der Waals surface area contributed by atoms with E-state index < -0.39 is 54.4 Å². The maximum atomic E-state index is 14.0. The van der Waals surface area contributed by atoms with Gasteiger partial charge in [-0.05, 0) is 35.4 Å². The maximum absolute atomic E-state index is 14.0. The number of aromatic nitrogens is 2. The van der Waals surface area contributed by atoms with E-state index in [2.05, 4.69) is 9.97 Å². The van der Waals surface area contributed by atoms with E-state index in [-0.39, 0.29) is 32.9 Å². The Hall–Kier alpha value is -3.37. The number of carbonyl (C=O) groups is 1. The molecule has 2 unspecified atom stereocenters. The Kier molecular flexibility index (Phi) is 5.91. The Morgan fingerprint density at radius 2 is 1.09 bits per heavy atom. The fourth-order valence-corrected chi connectivity index (χ4v) is 4.09. The predicted octanol–water partition coefficient (Wildman–Crippen LogP) is 7.06. The Labute approximate surface area is 186 Å². The zero-order valence-corrected chi connectivity index (χ0v) is 17.1. The molecule has 4 aromatic rings. The number of benzene rings is 2. The number of ketones is 1. The third-order valence-corrected chi connectivity index (χ3v) is 5.83. The standard InChI is InChI=1S/C23H16F8N2O/c24-7-15(17-9-32-19-5-11(22(26,27)28)1-3-13(17)19)21(34)16(8-25)18-10-33-20-6-12(23(29,30)31)2-4-14(18)20/h1-6,9-10,15-16,32-33H,7-8H2. The summed E-state index contributed by atoms with van der Waals surface area (Å²) in [7, 11) is 0. The van der Waals surface area contributed by atoms with Gasteiger partial charge in [0.1, 0.15) is 13.3 Å². The van der Waals surface area contributed by atoms with Gasteiger partial charge in [-0.1, -0.05) is 12.1 Å². The van der Waals surface area contributed by atoms with Gasteiger partial charge in [-0.2, -0.15) is 26.3 Å². The summed E-state index contributed by atoms with van der Waals surface area (Å²) < 4.78 is 106. The lowest BCUT2D eigenvalue weighted by atomic mass is 9.84. The van der Waals surface area contributed by atoms with Crippen molar-refractivity contribution < 1.29 is 39.9 Å². The minimum atomic E-state index is -4.60. The summed E-state index contributed by atoms with van der Waals surface area (Å²) in [4.78, 5) is 18.3. The average molecular weight is 488 g/mol. The number of H-pyrrole nitrogens is 2. The number of nitrogens with one attached hydrogen (secondary N) is 2. The topological polar surface area (TPSA) is 48.6 Å². The molecule has 34 heavy (non-hydrogen) atoms. The van der Waals surface area contributed by atoms with Crippen LogP contribution in [0.3, 0.4) is 0 Å². The monoisotopic (exact) mass is 488 g/mol. The first kappa shape index (κ1) is 23.8. The Morgan fingerprint density at radius 1 is 0.706 bits per heavy atom. The second-order valence-electron chi connectivity index (χ2n) is 7.82. The van der Waals surface area contributed by atoms with Crippen molar-refractivity contribution in [1.29, 1.82) is 0 Å². The zero-order valence-electron chi connectivity index (χ0n) is 17.1. The number of rotatable bonds is 6. The van der Waals surface area contributed by atoms with Gasteiger partial charge in [0.25, 0.3) is 0 Å². The largest absolute Gasteiger partial charge is 0.416 e. The van der Waals surface area contributed by atoms with Crippen molar-refractivity contribution in [3.05, 3.63) is 71.0 Å². The molecule has 0 spiro atoms. The van der Waals surface area contributed by atoms with Crippen molar-refractivity contribution in [2.24, 2.45) is 0 Å². The van der Waals surface area contributed by atoms with Crippen molar-refractivity contribution in [2.75, 3.05) is 13.3 Å². The van der Waals surface area contributed by atoms with Gasteiger partial charge in [0.15, 0.2) is 5.78 Å². The van der Waals surface area contributed by atoms with Crippen LogP contribution in [0.2, 0.25) is 0 Å². The molecular weight excluding hydrogens is 472 g/mol. The van der Waals surface area contributed by atoms with Crippen molar-refractivity contribution in [3.63, 3.8) is 0 Å². The molecule has 0 aliphatic carbocycles. The molecule has 2 aromatic carbocycles. The van der Waals surface area contributed by atoms with Gasteiger partial charge in [0.2, 0.25) is 0 Å². The zero-order chi connectivity index (χ0) is 24.8. The van der Waals surface area contributed by atoms with E-state index in [1.807, 2.05) is 0 Å². The lowest BCUT2D eigenvalue weighted by Crippen LogP contribution is -2.23. The summed E-state index contributed by atoms with van der Waals surface area (Å²) in [6, 6.07) is 5.45. The number of carbonyl (C=O) groups excluding carboxylic acids is 1. The second kappa shape index (κ2) is 8.44. The lowest BCUT2D eigenvalue weighted by molar-refractivity contribution is -0.138. The van der Waals surface area contributed by atoms with Gasteiger partial charge >= 0.3 is 12.4 Å². The molecule has 0 bridgehead atoms. The van der Waals surface area contributed by atoms with Crippen molar-refractivity contribution >= 4 is 27.6 Å². The van der Waals surface area contributed by atoms with E-state index in [1.54, 1.807) is 0 Å². The molecule has 2 N–H and O–H groups in total. The van der Waals surface area contributed by atoms with Gasteiger partial charge < -0.3 is 9.97 Å². The number of aromatic amines is 2. The Bertz CT molecular complexity index is 1250. The summed E-state index contributed by atoms with van der Waals surface area (Å²) in [5.74, 6) is -3.87. The van der Waals surface area contributed by atoms with Crippen LogP contribution < -0.4 is 0 Å². The Morgan fingerprint density at radius 3 is 1.41 bits per heavy atom. The van der Waals surface area contributed by atoms with Gasteiger partial charge in [-0.15, -0.1) is 0 Å². The van der Waals surface area contributed by atoms with Gasteiger partial charge in [0.05, 0.1) is 23.0 Å². The summed E-state index contributed by atoms with van der Waals surface area (Å²) >= 11 is 0. The molecule has 2 atom stereocenters. The number of halogens is 8. The molecule has 180 valence electrons. The van der Waals surface area contributed by atoms with Crippen LogP contribution in [0.1, 0.15) is 34.1 Å². The molecule has 3 nitrogen and oxygen atoms in total. The smallest absolute Gasteiger partial charge is 0.361 e. The number of alkyl halides is 8. The van der Waals surface area contributed by atoms with Gasteiger partial charge in [-0.25, -0.2) is 8.78 Å².